The molecule has 1 aromatic rings. The highest BCUT2D eigenvalue weighted by atomic mass is 35.5. The second kappa shape index (κ2) is 7.31. The van der Waals surface area contributed by atoms with Crippen LogP contribution < -0.4 is 0 Å². The monoisotopic (exact) mass is 269 g/mol. The van der Waals surface area contributed by atoms with E-state index in [1.165, 1.54) is 0 Å². The van der Waals surface area contributed by atoms with Gasteiger partial charge in [0.15, 0.2) is 10.8 Å². The summed E-state index contributed by atoms with van der Waals surface area (Å²) in [6.45, 7) is 7.72. The van der Waals surface area contributed by atoms with Crippen molar-refractivity contribution in [1.82, 2.24) is 15.1 Å². The van der Waals surface area contributed by atoms with Gasteiger partial charge in [0, 0.05) is 13.1 Å². The van der Waals surface area contributed by atoms with Crippen molar-refractivity contribution in [3.63, 3.8) is 0 Å². The number of aromatic nitrogens is 2. The van der Waals surface area contributed by atoms with Crippen LogP contribution >= 0.6 is 11.6 Å². The molecule has 18 heavy (non-hydrogen) atoms. The minimum Gasteiger partial charge on any atom is -0.337 e. The number of carbonyl (C=O) groups is 1. The van der Waals surface area contributed by atoms with Gasteiger partial charge in [0.2, 0.25) is 0 Å². The molecule has 0 atom stereocenters. The predicted molar refractivity (Wildman–Crippen MR) is 72.7 cm³/mol. The zero-order chi connectivity index (χ0) is 13.5. The van der Waals surface area contributed by atoms with Crippen molar-refractivity contribution >= 4 is 17.5 Å². The number of carbonyl (C=O) groups excluding carboxylic acids is 1. The van der Waals surface area contributed by atoms with Crippen LogP contribution in [-0.2, 0) is 0 Å². The van der Waals surface area contributed by atoms with Gasteiger partial charge in [-0.15, -0.1) is 10.2 Å². The van der Waals surface area contributed by atoms with E-state index in [0.717, 1.165) is 19.4 Å². The molecule has 5 heteroatoms. The van der Waals surface area contributed by atoms with E-state index in [0.29, 0.717) is 23.3 Å². The lowest BCUT2D eigenvalue weighted by Gasteiger charge is -2.24. The molecule has 0 spiro atoms. The first-order valence-electron chi connectivity index (χ1n) is 6.40. The number of halogens is 1. The highest BCUT2D eigenvalue weighted by molar-refractivity contribution is 6.29. The van der Waals surface area contributed by atoms with Gasteiger partial charge in [-0.2, -0.15) is 0 Å². The lowest BCUT2D eigenvalue weighted by atomic mass is 10.0. The minimum atomic E-state index is -0.0754. The van der Waals surface area contributed by atoms with Crippen LogP contribution in [-0.4, -0.2) is 34.1 Å². The SMILES string of the molecule is CCC(CC)CN(CC)C(=O)c1ccc(Cl)nn1. The fraction of sp³-hybridized carbons (Fsp3) is 0.615. The first kappa shape index (κ1) is 14.9. The molecule has 1 heterocycles. The molecule has 1 amide bonds. The number of amides is 1. The summed E-state index contributed by atoms with van der Waals surface area (Å²) in [4.78, 5) is 14.0. The van der Waals surface area contributed by atoms with Crippen molar-refractivity contribution < 1.29 is 4.79 Å². The molecule has 0 radical (unpaired) electrons. The second-order valence-electron chi connectivity index (χ2n) is 4.27. The minimum absolute atomic E-state index is 0.0754. The molecule has 4 nitrogen and oxygen atoms in total. The standard InChI is InChI=1S/C13H20ClN3O/c1-4-10(5-2)9-17(6-3)13(18)11-7-8-12(14)16-15-11/h7-8,10H,4-6,9H2,1-3H3. The molecule has 0 saturated carbocycles. The summed E-state index contributed by atoms with van der Waals surface area (Å²) in [7, 11) is 0. The third-order valence-electron chi connectivity index (χ3n) is 3.15. The van der Waals surface area contributed by atoms with E-state index in [1.54, 1.807) is 12.1 Å². The molecule has 1 aromatic heterocycles. The maximum absolute atomic E-state index is 12.2. The zero-order valence-corrected chi connectivity index (χ0v) is 11.9. The quantitative estimate of drug-likeness (QED) is 0.797. The van der Waals surface area contributed by atoms with Gasteiger partial charge in [0.25, 0.3) is 5.91 Å². The van der Waals surface area contributed by atoms with Crippen LogP contribution in [0.1, 0.15) is 44.1 Å². The van der Waals surface area contributed by atoms with Crippen LogP contribution in [0.5, 0.6) is 0 Å². The molecule has 0 unspecified atom stereocenters. The Morgan fingerprint density at radius 1 is 1.28 bits per heavy atom. The zero-order valence-electron chi connectivity index (χ0n) is 11.2. The molecule has 1 rings (SSSR count). The second-order valence-corrected chi connectivity index (χ2v) is 4.65. The van der Waals surface area contributed by atoms with Crippen LogP contribution in [0.25, 0.3) is 0 Å². The Bertz CT molecular complexity index is 376. The molecule has 0 bridgehead atoms. The van der Waals surface area contributed by atoms with E-state index in [4.69, 9.17) is 11.6 Å². The van der Waals surface area contributed by atoms with Crippen molar-refractivity contribution in [3.8, 4) is 0 Å². The molecular weight excluding hydrogens is 250 g/mol. The van der Waals surface area contributed by atoms with Crippen LogP contribution in [0.4, 0.5) is 0 Å². The van der Waals surface area contributed by atoms with Gasteiger partial charge in [-0.25, -0.2) is 0 Å². The molecule has 0 N–H and O–H groups in total. The normalized spacial score (nSPS) is 10.7. The van der Waals surface area contributed by atoms with Crippen molar-refractivity contribution in [2.45, 2.75) is 33.6 Å². The highest BCUT2D eigenvalue weighted by Crippen LogP contribution is 2.12. The largest absolute Gasteiger partial charge is 0.337 e. The first-order valence-corrected chi connectivity index (χ1v) is 6.78. The van der Waals surface area contributed by atoms with Crippen LogP contribution in [0.15, 0.2) is 12.1 Å². The van der Waals surface area contributed by atoms with Gasteiger partial charge in [0.1, 0.15) is 0 Å². The summed E-state index contributed by atoms with van der Waals surface area (Å²) in [5.41, 5.74) is 0.354. The van der Waals surface area contributed by atoms with E-state index in [-0.39, 0.29) is 5.91 Å². The maximum Gasteiger partial charge on any atom is 0.274 e. The first-order chi connectivity index (χ1) is 8.62. The Kier molecular flexibility index (Phi) is 6.05. The van der Waals surface area contributed by atoms with E-state index in [2.05, 4.69) is 24.0 Å². The predicted octanol–water partition coefficient (Wildman–Crippen LogP) is 3.03. The smallest absolute Gasteiger partial charge is 0.274 e. The van der Waals surface area contributed by atoms with Crippen molar-refractivity contribution in [2.75, 3.05) is 13.1 Å². The molecule has 0 fully saturated rings. The van der Waals surface area contributed by atoms with Crippen molar-refractivity contribution in [1.29, 1.82) is 0 Å². The molecule has 0 saturated heterocycles. The summed E-state index contributed by atoms with van der Waals surface area (Å²) in [6.07, 6.45) is 2.15. The van der Waals surface area contributed by atoms with Gasteiger partial charge >= 0.3 is 0 Å². The Balaban J connectivity index is 2.75. The summed E-state index contributed by atoms with van der Waals surface area (Å²) in [5, 5.41) is 7.84. The third kappa shape index (κ3) is 3.95. The number of rotatable bonds is 6. The Hall–Kier alpha value is -1.16. The Labute approximate surface area is 113 Å². The summed E-state index contributed by atoms with van der Waals surface area (Å²) >= 11 is 5.66. The lowest BCUT2D eigenvalue weighted by molar-refractivity contribution is 0.0728. The molecular formula is C13H20ClN3O. The summed E-state index contributed by atoms with van der Waals surface area (Å²) < 4.78 is 0. The van der Waals surface area contributed by atoms with E-state index >= 15 is 0 Å². The van der Waals surface area contributed by atoms with Crippen LogP contribution in [0, 0.1) is 5.92 Å². The Morgan fingerprint density at radius 2 is 1.94 bits per heavy atom. The van der Waals surface area contributed by atoms with Gasteiger partial charge in [-0.05, 0) is 25.0 Å². The molecule has 0 aliphatic heterocycles. The molecule has 0 aliphatic rings. The van der Waals surface area contributed by atoms with Crippen LogP contribution in [0.3, 0.4) is 0 Å². The molecule has 0 aromatic carbocycles. The number of nitrogens with zero attached hydrogens (tertiary/aromatic N) is 3. The average Bonchev–Trinajstić information content (AvgIpc) is 2.40. The van der Waals surface area contributed by atoms with Gasteiger partial charge < -0.3 is 4.90 Å². The molecule has 100 valence electrons. The summed E-state index contributed by atoms with van der Waals surface area (Å²) in [6, 6.07) is 3.21. The number of hydrogen-bond donors (Lipinski definition) is 0. The van der Waals surface area contributed by atoms with E-state index < -0.39 is 0 Å². The van der Waals surface area contributed by atoms with Crippen LogP contribution in [0.2, 0.25) is 5.15 Å². The average molecular weight is 270 g/mol. The van der Waals surface area contributed by atoms with Gasteiger partial charge in [-0.1, -0.05) is 38.3 Å². The topological polar surface area (TPSA) is 46.1 Å². The van der Waals surface area contributed by atoms with E-state index in [1.807, 2.05) is 11.8 Å². The van der Waals surface area contributed by atoms with Crippen molar-refractivity contribution in [3.05, 3.63) is 23.0 Å². The van der Waals surface area contributed by atoms with Gasteiger partial charge in [0.05, 0.1) is 0 Å². The fourth-order valence-corrected chi connectivity index (χ4v) is 1.91. The van der Waals surface area contributed by atoms with E-state index in [9.17, 15) is 4.79 Å². The lowest BCUT2D eigenvalue weighted by Crippen LogP contribution is -2.35. The fourth-order valence-electron chi connectivity index (χ4n) is 1.81. The Morgan fingerprint density at radius 3 is 2.39 bits per heavy atom. The van der Waals surface area contributed by atoms with Crippen molar-refractivity contribution in [2.24, 2.45) is 5.92 Å². The van der Waals surface area contributed by atoms with Gasteiger partial charge in [-0.3, -0.25) is 4.79 Å². The number of hydrogen-bond acceptors (Lipinski definition) is 3. The highest BCUT2D eigenvalue weighted by Gasteiger charge is 2.18. The summed E-state index contributed by atoms with van der Waals surface area (Å²) in [5.74, 6) is 0.461. The maximum atomic E-state index is 12.2. The molecule has 0 aliphatic carbocycles. The third-order valence-corrected chi connectivity index (χ3v) is 3.35.